The first-order valence-electron chi connectivity index (χ1n) is 13.2. The number of benzene rings is 2. The number of nitrogens with zero attached hydrogens (tertiary/aromatic N) is 3. The van der Waals surface area contributed by atoms with Gasteiger partial charge < -0.3 is 19.7 Å². The SMILES string of the molecule is CC(C)(Cc1ccc(OCc2ccnc(N3CC4(CNC4)C3)n2)cc1)c1ccc(OC2CCC2)cc1. The summed E-state index contributed by atoms with van der Waals surface area (Å²) in [6.07, 6.45) is 6.87. The summed E-state index contributed by atoms with van der Waals surface area (Å²) in [5.74, 6) is 2.66. The van der Waals surface area contributed by atoms with Gasteiger partial charge in [0.1, 0.15) is 18.1 Å². The van der Waals surface area contributed by atoms with Crippen LogP contribution in [0.15, 0.2) is 60.8 Å². The molecule has 0 bridgehead atoms. The molecule has 3 aliphatic rings. The molecule has 6 rings (SSSR count). The first-order chi connectivity index (χ1) is 17.5. The summed E-state index contributed by atoms with van der Waals surface area (Å²) in [5.41, 5.74) is 4.01. The lowest BCUT2D eigenvalue weighted by molar-refractivity contribution is 0.119. The van der Waals surface area contributed by atoms with Crippen LogP contribution in [0, 0.1) is 5.41 Å². The lowest BCUT2D eigenvalue weighted by Gasteiger charge is -2.56. The van der Waals surface area contributed by atoms with Gasteiger partial charge in [-0.25, -0.2) is 9.97 Å². The van der Waals surface area contributed by atoms with E-state index in [-0.39, 0.29) is 5.41 Å². The van der Waals surface area contributed by atoms with Gasteiger partial charge in [-0.15, -0.1) is 0 Å². The zero-order valence-electron chi connectivity index (χ0n) is 21.4. The highest BCUT2D eigenvalue weighted by Gasteiger charge is 2.48. The second-order valence-corrected chi connectivity index (χ2v) is 11.5. The van der Waals surface area contributed by atoms with Gasteiger partial charge in [-0.05, 0) is 72.6 Å². The van der Waals surface area contributed by atoms with Gasteiger partial charge >= 0.3 is 0 Å². The number of hydrogen-bond acceptors (Lipinski definition) is 6. The maximum absolute atomic E-state index is 6.05. The van der Waals surface area contributed by atoms with Crippen molar-refractivity contribution in [2.24, 2.45) is 5.41 Å². The Hall–Kier alpha value is -3.12. The van der Waals surface area contributed by atoms with Crippen molar-refractivity contribution in [1.82, 2.24) is 15.3 Å². The standard InChI is InChI=1S/C30H36N4O2/c1-29(2,23-8-12-27(13-9-23)36-26-4-3-5-26)16-22-6-10-25(11-7-22)35-17-24-14-15-32-28(33-24)34-20-30(21-34)18-31-19-30/h6-15,26,31H,3-5,16-21H2,1-2H3. The third kappa shape index (κ3) is 4.92. The van der Waals surface area contributed by atoms with E-state index in [1.165, 1.54) is 30.4 Å². The number of hydrogen-bond donors (Lipinski definition) is 1. The Bertz CT molecular complexity index is 1180. The summed E-state index contributed by atoms with van der Waals surface area (Å²) < 4.78 is 12.1. The maximum Gasteiger partial charge on any atom is 0.225 e. The van der Waals surface area contributed by atoms with Gasteiger partial charge in [-0.3, -0.25) is 0 Å². The van der Waals surface area contributed by atoms with Gasteiger partial charge in [0.05, 0.1) is 11.8 Å². The van der Waals surface area contributed by atoms with E-state index in [2.05, 4.69) is 77.6 Å². The Balaban J connectivity index is 1.02. The van der Waals surface area contributed by atoms with Gasteiger partial charge in [0.2, 0.25) is 5.95 Å². The molecule has 36 heavy (non-hydrogen) atoms. The third-order valence-electron chi connectivity index (χ3n) is 7.98. The molecule has 1 aliphatic carbocycles. The van der Waals surface area contributed by atoms with Crippen LogP contribution in [0.1, 0.15) is 49.9 Å². The van der Waals surface area contributed by atoms with Crippen molar-refractivity contribution >= 4 is 5.95 Å². The van der Waals surface area contributed by atoms with Crippen molar-refractivity contribution < 1.29 is 9.47 Å². The van der Waals surface area contributed by atoms with E-state index < -0.39 is 0 Å². The molecule has 0 amide bonds. The average Bonchev–Trinajstić information content (AvgIpc) is 2.80. The molecule has 1 N–H and O–H groups in total. The zero-order valence-corrected chi connectivity index (χ0v) is 21.4. The molecule has 6 nitrogen and oxygen atoms in total. The lowest BCUT2D eigenvalue weighted by Crippen LogP contribution is -2.71. The van der Waals surface area contributed by atoms with Crippen LogP contribution in [-0.4, -0.2) is 42.3 Å². The number of nitrogens with one attached hydrogen (secondary N) is 1. The fourth-order valence-corrected chi connectivity index (χ4v) is 5.36. The van der Waals surface area contributed by atoms with E-state index in [9.17, 15) is 0 Å². The van der Waals surface area contributed by atoms with Crippen LogP contribution in [0.25, 0.3) is 0 Å². The largest absolute Gasteiger partial charge is 0.490 e. The highest BCUT2D eigenvalue weighted by atomic mass is 16.5. The molecule has 188 valence electrons. The third-order valence-corrected chi connectivity index (χ3v) is 7.98. The lowest BCUT2D eigenvalue weighted by atomic mass is 9.75. The van der Waals surface area contributed by atoms with Crippen LogP contribution in [-0.2, 0) is 18.4 Å². The molecular weight excluding hydrogens is 448 g/mol. The van der Waals surface area contributed by atoms with Crippen LogP contribution >= 0.6 is 0 Å². The Morgan fingerprint density at radius 2 is 1.69 bits per heavy atom. The fraction of sp³-hybridized carbons (Fsp3) is 0.467. The second-order valence-electron chi connectivity index (χ2n) is 11.5. The predicted octanol–water partition coefficient (Wildman–Crippen LogP) is 4.92. The molecule has 2 aromatic carbocycles. The number of aromatic nitrogens is 2. The summed E-state index contributed by atoms with van der Waals surface area (Å²) in [4.78, 5) is 11.5. The van der Waals surface area contributed by atoms with Crippen molar-refractivity contribution in [3.63, 3.8) is 0 Å². The van der Waals surface area contributed by atoms with Crippen LogP contribution in [0.2, 0.25) is 0 Å². The molecule has 0 radical (unpaired) electrons. The minimum Gasteiger partial charge on any atom is -0.490 e. The van der Waals surface area contributed by atoms with E-state index in [4.69, 9.17) is 14.5 Å². The van der Waals surface area contributed by atoms with Crippen molar-refractivity contribution in [1.29, 1.82) is 0 Å². The maximum atomic E-state index is 6.05. The van der Waals surface area contributed by atoms with Gasteiger partial charge in [-0.2, -0.15) is 0 Å². The van der Waals surface area contributed by atoms with Crippen molar-refractivity contribution in [2.45, 2.75) is 57.7 Å². The molecule has 3 fully saturated rings. The Morgan fingerprint density at radius 1 is 0.972 bits per heavy atom. The van der Waals surface area contributed by atoms with E-state index >= 15 is 0 Å². The Morgan fingerprint density at radius 3 is 2.33 bits per heavy atom. The molecule has 3 aromatic rings. The van der Waals surface area contributed by atoms with Crippen molar-refractivity contribution in [2.75, 3.05) is 31.1 Å². The number of rotatable bonds is 9. The molecule has 6 heteroatoms. The molecule has 0 atom stereocenters. The van der Waals surface area contributed by atoms with Crippen LogP contribution in [0.5, 0.6) is 11.5 Å². The first-order valence-corrected chi connectivity index (χ1v) is 13.2. The molecule has 0 unspecified atom stereocenters. The zero-order chi connectivity index (χ0) is 24.6. The first kappa shape index (κ1) is 23.3. The summed E-state index contributed by atoms with van der Waals surface area (Å²) in [5, 5.41) is 3.37. The van der Waals surface area contributed by atoms with E-state index in [0.717, 1.165) is 55.7 Å². The number of anilines is 1. The summed E-state index contributed by atoms with van der Waals surface area (Å²) >= 11 is 0. The second kappa shape index (κ2) is 9.40. The molecular formula is C30H36N4O2. The monoisotopic (exact) mass is 484 g/mol. The van der Waals surface area contributed by atoms with E-state index in [1.807, 2.05) is 12.3 Å². The summed E-state index contributed by atoms with van der Waals surface area (Å²) in [6, 6.07) is 19.1. The number of ether oxygens (including phenoxy) is 2. The van der Waals surface area contributed by atoms with Crippen molar-refractivity contribution in [3.8, 4) is 11.5 Å². The topological polar surface area (TPSA) is 59.5 Å². The molecule has 2 aliphatic heterocycles. The molecule has 2 saturated heterocycles. The van der Waals surface area contributed by atoms with E-state index in [0.29, 0.717) is 18.1 Å². The Labute approximate surface area is 214 Å². The smallest absolute Gasteiger partial charge is 0.225 e. The quantitative estimate of drug-likeness (QED) is 0.465. The van der Waals surface area contributed by atoms with Gasteiger partial charge in [-0.1, -0.05) is 38.1 Å². The van der Waals surface area contributed by atoms with E-state index in [1.54, 1.807) is 0 Å². The predicted molar refractivity (Wildman–Crippen MR) is 142 cm³/mol. The summed E-state index contributed by atoms with van der Waals surface area (Å²) in [6.45, 7) is 9.35. The van der Waals surface area contributed by atoms with Crippen LogP contribution in [0.4, 0.5) is 5.95 Å². The van der Waals surface area contributed by atoms with Gasteiger partial charge in [0, 0.05) is 37.8 Å². The van der Waals surface area contributed by atoms with Crippen LogP contribution < -0.4 is 19.7 Å². The Kier molecular flexibility index (Phi) is 6.08. The normalized spacial score (nSPS) is 18.8. The highest BCUT2D eigenvalue weighted by molar-refractivity contribution is 5.39. The van der Waals surface area contributed by atoms with Crippen LogP contribution in [0.3, 0.4) is 0 Å². The molecule has 1 saturated carbocycles. The van der Waals surface area contributed by atoms with Gasteiger partial charge in [0.15, 0.2) is 0 Å². The minimum absolute atomic E-state index is 0.0275. The average molecular weight is 485 g/mol. The minimum atomic E-state index is 0.0275. The van der Waals surface area contributed by atoms with Gasteiger partial charge in [0.25, 0.3) is 0 Å². The highest BCUT2D eigenvalue weighted by Crippen LogP contribution is 2.36. The molecule has 1 aromatic heterocycles. The summed E-state index contributed by atoms with van der Waals surface area (Å²) in [7, 11) is 0. The van der Waals surface area contributed by atoms with Crippen molar-refractivity contribution in [3.05, 3.63) is 77.6 Å². The molecule has 3 heterocycles. The molecule has 1 spiro atoms. The fourth-order valence-electron chi connectivity index (χ4n) is 5.36.